The zero-order valence-corrected chi connectivity index (χ0v) is 11.5. The molecular formula is C14H22N2O2. The van der Waals surface area contributed by atoms with Gasteiger partial charge in [-0.05, 0) is 24.7 Å². The van der Waals surface area contributed by atoms with Crippen molar-refractivity contribution in [2.24, 2.45) is 0 Å². The van der Waals surface area contributed by atoms with Gasteiger partial charge in [0.25, 0.3) is 0 Å². The second-order valence-electron chi connectivity index (χ2n) is 4.92. The Morgan fingerprint density at radius 3 is 2.72 bits per heavy atom. The fourth-order valence-corrected chi connectivity index (χ4v) is 1.69. The van der Waals surface area contributed by atoms with Crippen LogP contribution in [-0.4, -0.2) is 33.2 Å². The Labute approximate surface area is 109 Å². The summed E-state index contributed by atoms with van der Waals surface area (Å²) in [7, 11) is 3.41. The molecule has 4 nitrogen and oxygen atoms in total. The van der Waals surface area contributed by atoms with Crippen LogP contribution >= 0.6 is 0 Å². The first-order chi connectivity index (χ1) is 8.49. The molecule has 0 fully saturated rings. The molecule has 0 aliphatic carbocycles. The van der Waals surface area contributed by atoms with Crippen molar-refractivity contribution in [1.82, 2.24) is 10.6 Å². The van der Waals surface area contributed by atoms with Gasteiger partial charge >= 0.3 is 0 Å². The van der Waals surface area contributed by atoms with E-state index in [1.54, 1.807) is 14.2 Å². The highest BCUT2D eigenvalue weighted by Gasteiger charge is 2.21. The minimum Gasteiger partial charge on any atom is -0.497 e. The van der Waals surface area contributed by atoms with E-state index in [0.29, 0.717) is 13.1 Å². The minimum atomic E-state index is -0.127. The standard InChI is InChI=1S/C14H22N2O2/c1-14(2,10-16-13(17)9-15-3)11-6-5-7-12(8-11)18-4/h5-8,15H,9-10H2,1-4H3,(H,16,17). The molecule has 4 heteroatoms. The molecule has 1 aromatic rings. The third-order valence-electron chi connectivity index (χ3n) is 2.92. The zero-order valence-electron chi connectivity index (χ0n) is 11.5. The monoisotopic (exact) mass is 250 g/mol. The van der Waals surface area contributed by atoms with Crippen LogP contribution in [0.5, 0.6) is 5.75 Å². The van der Waals surface area contributed by atoms with E-state index in [0.717, 1.165) is 11.3 Å². The predicted molar refractivity (Wildman–Crippen MR) is 73.0 cm³/mol. The lowest BCUT2D eigenvalue weighted by molar-refractivity contribution is -0.120. The van der Waals surface area contributed by atoms with Gasteiger partial charge in [-0.15, -0.1) is 0 Å². The third kappa shape index (κ3) is 4.04. The van der Waals surface area contributed by atoms with Crippen molar-refractivity contribution in [2.75, 3.05) is 27.2 Å². The van der Waals surface area contributed by atoms with Crippen LogP contribution in [0.3, 0.4) is 0 Å². The molecule has 0 spiro atoms. The molecule has 0 aromatic heterocycles. The van der Waals surface area contributed by atoms with Gasteiger partial charge in [-0.25, -0.2) is 0 Å². The number of rotatable bonds is 6. The number of carbonyl (C=O) groups excluding carboxylic acids is 1. The summed E-state index contributed by atoms with van der Waals surface area (Å²) in [5.74, 6) is 0.843. The van der Waals surface area contributed by atoms with E-state index in [9.17, 15) is 4.79 Å². The van der Waals surface area contributed by atoms with E-state index in [4.69, 9.17) is 4.74 Å². The highest BCUT2D eigenvalue weighted by molar-refractivity contribution is 5.78. The number of ether oxygens (including phenoxy) is 1. The number of carbonyl (C=O) groups is 1. The normalized spacial score (nSPS) is 11.1. The second kappa shape index (κ2) is 6.40. The van der Waals surface area contributed by atoms with E-state index >= 15 is 0 Å². The molecule has 0 saturated heterocycles. The molecule has 1 rings (SSSR count). The molecule has 0 aliphatic heterocycles. The Morgan fingerprint density at radius 1 is 1.39 bits per heavy atom. The van der Waals surface area contributed by atoms with Crippen molar-refractivity contribution in [3.63, 3.8) is 0 Å². The fourth-order valence-electron chi connectivity index (χ4n) is 1.69. The molecule has 0 atom stereocenters. The maximum absolute atomic E-state index is 11.4. The van der Waals surface area contributed by atoms with E-state index in [1.807, 2.05) is 24.3 Å². The number of hydrogen-bond acceptors (Lipinski definition) is 3. The van der Waals surface area contributed by atoms with Crippen LogP contribution in [0.25, 0.3) is 0 Å². The summed E-state index contributed by atoms with van der Waals surface area (Å²) in [6.07, 6.45) is 0. The Hall–Kier alpha value is -1.55. The minimum absolute atomic E-state index is 0.00784. The van der Waals surface area contributed by atoms with Gasteiger partial charge in [0.15, 0.2) is 0 Å². The highest BCUT2D eigenvalue weighted by atomic mass is 16.5. The van der Waals surface area contributed by atoms with E-state index in [-0.39, 0.29) is 11.3 Å². The Bertz CT molecular complexity index is 403. The van der Waals surface area contributed by atoms with Gasteiger partial charge in [0, 0.05) is 12.0 Å². The number of methoxy groups -OCH3 is 1. The molecule has 0 radical (unpaired) electrons. The summed E-state index contributed by atoms with van der Waals surface area (Å²) < 4.78 is 5.22. The molecule has 18 heavy (non-hydrogen) atoms. The van der Waals surface area contributed by atoms with E-state index in [2.05, 4.69) is 24.5 Å². The van der Waals surface area contributed by atoms with Gasteiger partial charge in [0.05, 0.1) is 13.7 Å². The van der Waals surface area contributed by atoms with E-state index in [1.165, 1.54) is 0 Å². The first kappa shape index (κ1) is 14.5. The summed E-state index contributed by atoms with van der Waals surface area (Å²) in [6, 6.07) is 7.93. The van der Waals surface area contributed by atoms with Crippen LogP contribution in [0.2, 0.25) is 0 Å². The number of benzene rings is 1. The Balaban J connectivity index is 2.69. The molecule has 2 N–H and O–H groups in total. The number of hydrogen-bond donors (Lipinski definition) is 2. The first-order valence-corrected chi connectivity index (χ1v) is 6.05. The summed E-state index contributed by atoms with van der Waals surface area (Å²) in [4.78, 5) is 11.4. The predicted octanol–water partition coefficient (Wildman–Crippen LogP) is 1.31. The van der Waals surface area contributed by atoms with Crippen molar-refractivity contribution < 1.29 is 9.53 Å². The average Bonchev–Trinajstić information content (AvgIpc) is 2.37. The molecule has 0 bridgehead atoms. The molecule has 100 valence electrons. The summed E-state index contributed by atoms with van der Waals surface area (Å²) >= 11 is 0. The molecule has 0 heterocycles. The van der Waals surface area contributed by atoms with Crippen molar-refractivity contribution in [1.29, 1.82) is 0 Å². The number of amides is 1. The Kier molecular flexibility index (Phi) is 5.16. The maximum Gasteiger partial charge on any atom is 0.233 e. The smallest absolute Gasteiger partial charge is 0.233 e. The first-order valence-electron chi connectivity index (χ1n) is 6.05. The summed E-state index contributed by atoms with van der Waals surface area (Å²) in [6.45, 7) is 5.14. The molecule has 1 amide bonds. The van der Waals surface area contributed by atoms with Gasteiger partial charge in [-0.2, -0.15) is 0 Å². The molecule has 1 aromatic carbocycles. The van der Waals surface area contributed by atoms with Gasteiger partial charge < -0.3 is 15.4 Å². The highest BCUT2D eigenvalue weighted by Crippen LogP contribution is 2.25. The summed E-state index contributed by atoms with van der Waals surface area (Å²) in [5, 5.41) is 5.75. The Morgan fingerprint density at radius 2 is 2.11 bits per heavy atom. The van der Waals surface area contributed by atoms with E-state index < -0.39 is 0 Å². The molecule has 0 unspecified atom stereocenters. The largest absolute Gasteiger partial charge is 0.497 e. The molecule has 0 aliphatic rings. The average molecular weight is 250 g/mol. The number of likely N-dealkylation sites (N-methyl/N-ethyl adjacent to an activating group) is 1. The molecular weight excluding hydrogens is 228 g/mol. The molecule has 0 saturated carbocycles. The van der Waals surface area contributed by atoms with Gasteiger partial charge in [-0.1, -0.05) is 26.0 Å². The zero-order chi connectivity index (χ0) is 13.6. The van der Waals surface area contributed by atoms with Crippen molar-refractivity contribution in [3.8, 4) is 5.75 Å². The SMILES string of the molecule is CNCC(=O)NCC(C)(C)c1cccc(OC)c1. The maximum atomic E-state index is 11.4. The van der Waals surface area contributed by atoms with Crippen LogP contribution in [0.15, 0.2) is 24.3 Å². The van der Waals surface area contributed by atoms with Crippen LogP contribution < -0.4 is 15.4 Å². The van der Waals surface area contributed by atoms with Crippen molar-refractivity contribution in [3.05, 3.63) is 29.8 Å². The van der Waals surface area contributed by atoms with Gasteiger partial charge in [0.2, 0.25) is 5.91 Å². The van der Waals surface area contributed by atoms with Crippen LogP contribution in [-0.2, 0) is 10.2 Å². The van der Waals surface area contributed by atoms with Gasteiger partial charge in [0.1, 0.15) is 5.75 Å². The van der Waals surface area contributed by atoms with Crippen LogP contribution in [0.1, 0.15) is 19.4 Å². The third-order valence-corrected chi connectivity index (χ3v) is 2.92. The summed E-state index contributed by atoms with van der Waals surface area (Å²) in [5.41, 5.74) is 1.02. The van der Waals surface area contributed by atoms with Gasteiger partial charge in [-0.3, -0.25) is 4.79 Å². The number of nitrogens with one attached hydrogen (secondary N) is 2. The van der Waals surface area contributed by atoms with Crippen molar-refractivity contribution >= 4 is 5.91 Å². The lowest BCUT2D eigenvalue weighted by atomic mass is 9.84. The van der Waals surface area contributed by atoms with Crippen molar-refractivity contribution in [2.45, 2.75) is 19.3 Å². The van der Waals surface area contributed by atoms with Crippen LogP contribution in [0.4, 0.5) is 0 Å². The topological polar surface area (TPSA) is 50.4 Å². The quantitative estimate of drug-likeness (QED) is 0.800. The lowest BCUT2D eigenvalue weighted by Crippen LogP contribution is -2.40. The fraction of sp³-hybridized carbons (Fsp3) is 0.500. The van der Waals surface area contributed by atoms with Crippen LogP contribution in [0, 0.1) is 0 Å². The lowest BCUT2D eigenvalue weighted by Gasteiger charge is -2.26. The second-order valence-corrected chi connectivity index (χ2v) is 4.92.